The van der Waals surface area contributed by atoms with Crippen LogP contribution in [0.5, 0.6) is 46.0 Å². The molecule has 0 unspecified atom stereocenters. The van der Waals surface area contributed by atoms with E-state index in [1.165, 1.54) is 43.3 Å². The number of nitrogens with one attached hydrogen (secondary N) is 8. The number of carbonyl (C=O) groups is 9. The number of aliphatic hydroxyl groups is 6. The minimum absolute atomic E-state index is 0.111. The van der Waals surface area contributed by atoms with E-state index in [4.69, 9.17) is 57.4 Å². The van der Waals surface area contributed by atoms with E-state index in [2.05, 4.69) is 42.5 Å². The number of primary amides is 1. The van der Waals surface area contributed by atoms with E-state index in [1.54, 1.807) is 6.92 Å². The summed E-state index contributed by atoms with van der Waals surface area (Å²) in [5, 5.41) is 135. The minimum Gasteiger partial charge on any atom is -0.508 e. The summed E-state index contributed by atoms with van der Waals surface area (Å²) in [5.41, 5.74) is 1.87. The van der Waals surface area contributed by atoms with Crippen LogP contribution in [0, 0.1) is 11.7 Å². The van der Waals surface area contributed by atoms with E-state index < -0.39 is 255 Å². The van der Waals surface area contributed by atoms with Gasteiger partial charge in [0, 0.05) is 29.3 Å². The van der Waals surface area contributed by atoms with Gasteiger partial charge >= 0.3 is 5.97 Å². The molecule has 6 aromatic carbocycles. The van der Waals surface area contributed by atoms with E-state index in [-0.39, 0.29) is 46.2 Å². The molecule has 0 radical (unpaired) electrons. The van der Waals surface area contributed by atoms with Crippen LogP contribution in [0.3, 0.4) is 0 Å². The molecule has 117 heavy (non-hydrogen) atoms. The first-order chi connectivity index (χ1) is 55.5. The summed E-state index contributed by atoms with van der Waals surface area (Å²) in [7, 11) is 0. The molecule has 38 heteroatoms. The molecule has 7 heterocycles. The molecule has 18 atom stereocenters. The standard InChI is InChI=1S/C79H91Cl2FN10O25/c1-7-19-92(20-8-2)47(21-33(3)4)72(106)89-62-64(100)36-10-17-50(44(80)23-36)113-52-25-38-26-53(68(52)117-78-69(67(103)66(102)54(32-93)115-78)116-57-30-79(6,70(104)34(5)112-57)91-40-14-12-39(82)13-15-40)114-51-18-11-37(24-45(51)81)65(101)63-77(111)88-61(73(107)84-31-56(98)99)43-27-41(94)28-49(96)58(43)42-22-35(9-16-48(42)95)59(74(108)90-63)87-75(109)60(38)86-71(105)46(29-55(83)97)85-76(62)110/h9-18,22-28,33-34,46-47,54,57,59-67,69-70,78,91,93-96,100-104H,7-8,19-21,29-32H2,1-6H3,(H2,83,97)(H,84,107)(H,85,110)(H,86,105)(H,87,109)(H,88,111)(H,89,106)(H,90,108)(H,98,99)/t34-,46-,47+,54-,57-,59+,60+,61-,62+,63-,64+,65+,66+,67-,69-,70+,78-,79-/m0/s1. The Hall–Kier alpha value is -10.7. The Morgan fingerprint density at radius 3 is 1.91 bits per heavy atom. The Kier molecular flexibility index (Phi) is 27.4. The van der Waals surface area contributed by atoms with Gasteiger partial charge in [-0.25, -0.2) is 4.39 Å². The summed E-state index contributed by atoms with van der Waals surface area (Å²) < 4.78 is 53.4. The largest absolute Gasteiger partial charge is 0.508 e. The predicted octanol–water partition coefficient (Wildman–Crippen LogP) is 3.42. The minimum atomic E-state index is -2.40. The van der Waals surface area contributed by atoms with Gasteiger partial charge in [0.25, 0.3) is 0 Å². The van der Waals surface area contributed by atoms with Crippen molar-refractivity contribution in [3.63, 3.8) is 0 Å². The number of phenolic OH excluding ortho intramolecular Hbond substituents is 3. The molecule has 2 fully saturated rings. The molecule has 0 aromatic heterocycles. The lowest BCUT2D eigenvalue weighted by Gasteiger charge is -2.48. The lowest BCUT2D eigenvalue weighted by molar-refractivity contribution is -0.332. The number of ether oxygens (including phenoxy) is 6. The number of aliphatic hydroxyl groups excluding tert-OH is 6. The number of carboxylic acid groups (broad SMARTS) is 1. The van der Waals surface area contributed by atoms with Crippen molar-refractivity contribution in [2.45, 2.75) is 183 Å². The second-order valence-corrected chi connectivity index (χ2v) is 30.6. The van der Waals surface area contributed by atoms with Crippen molar-refractivity contribution < 1.29 is 127 Å². The summed E-state index contributed by atoms with van der Waals surface area (Å²) in [6.45, 7) is 9.44. The van der Waals surface area contributed by atoms with Crippen LogP contribution >= 0.6 is 23.2 Å². The Morgan fingerprint density at radius 2 is 1.31 bits per heavy atom. The molecular formula is C79H91Cl2FN10O25. The summed E-state index contributed by atoms with van der Waals surface area (Å²) in [4.78, 5) is 135. The number of aliphatic carboxylic acids is 1. The number of carbonyl (C=O) groups excluding carboxylic acids is 8. The highest BCUT2D eigenvalue weighted by Gasteiger charge is 2.53. The molecule has 0 spiro atoms. The van der Waals surface area contributed by atoms with Crippen molar-refractivity contribution in [2.75, 3.05) is 31.6 Å². The van der Waals surface area contributed by atoms with Crippen LogP contribution < -0.4 is 62.5 Å². The average molecular weight is 1670 g/mol. The summed E-state index contributed by atoms with van der Waals surface area (Å²) in [6.07, 6.45) is -18.0. The Morgan fingerprint density at radius 1 is 0.701 bits per heavy atom. The number of nitrogens with two attached hydrogens (primary N) is 1. The maximum absolute atomic E-state index is 16.3. The number of aromatic hydroxyl groups is 3. The van der Waals surface area contributed by atoms with Crippen LogP contribution in [0.1, 0.15) is 132 Å². The normalized spacial score (nSPS) is 27.0. The number of carboxylic acids is 1. The highest BCUT2D eigenvalue weighted by Crippen LogP contribution is 2.50. The highest BCUT2D eigenvalue weighted by atomic mass is 35.5. The van der Waals surface area contributed by atoms with Crippen molar-refractivity contribution in [3.05, 3.63) is 147 Å². The Balaban J connectivity index is 1.15. The number of anilines is 1. The van der Waals surface area contributed by atoms with Gasteiger partial charge in [0.15, 0.2) is 23.9 Å². The van der Waals surface area contributed by atoms with Crippen LogP contribution in [-0.2, 0) is 57.4 Å². The van der Waals surface area contributed by atoms with E-state index in [0.717, 1.165) is 66.7 Å². The van der Waals surface area contributed by atoms with E-state index in [0.29, 0.717) is 31.6 Å². The predicted molar refractivity (Wildman–Crippen MR) is 411 cm³/mol. The van der Waals surface area contributed by atoms with E-state index >= 15 is 24.0 Å². The number of benzene rings is 6. The second-order valence-electron chi connectivity index (χ2n) is 29.7. The fraction of sp³-hybridized carbons (Fsp3) is 0.430. The van der Waals surface area contributed by atoms with Crippen LogP contribution in [0.25, 0.3) is 11.1 Å². The number of fused-ring (bicyclic) bond motifs is 15. The van der Waals surface area contributed by atoms with E-state index in [1.807, 2.05) is 32.6 Å². The third-order valence-corrected chi connectivity index (χ3v) is 21.1. The lowest BCUT2D eigenvalue weighted by atomic mass is 9.84. The quantitative estimate of drug-likeness (QED) is 0.0491. The third kappa shape index (κ3) is 19.6. The smallest absolute Gasteiger partial charge is 0.322 e. The monoisotopic (exact) mass is 1670 g/mol. The van der Waals surface area contributed by atoms with Crippen molar-refractivity contribution in [2.24, 2.45) is 11.7 Å². The van der Waals surface area contributed by atoms with Gasteiger partial charge in [-0.05, 0) is 159 Å². The molecule has 628 valence electrons. The van der Waals surface area contributed by atoms with Crippen molar-refractivity contribution >= 4 is 82.1 Å². The zero-order valence-corrected chi connectivity index (χ0v) is 65.3. The number of nitrogens with zero attached hydrogens (tertiary/aromatic N) is 1. The van der Waals surface area contributed by atoms with Gasteiger partial charge in [-0.2, -0.15) is 0 Å². The van der Waals surface area contributed by atoms with Gasteiger partial charge in [0.1, 0.15) is 114 Å². The molecule has 0 saturated carbocycles. The number of hydrogen-bond donors (Lipinski definition) is 19. The molecule has 2 saturated heterocycles. The second kappa shape index (κ2) is 36.8. The fourth-order valence-corrected chi connectivity index (χ4v) is 15.2. The fourth-order valence-electron chi connectivity index (χ4n) is 14.8. The number of halogens is 3. The van der Waals surface area contributed by atoms with Crippen LogP contribution in [0.15, 0.2) is 103 Å². The third-order valence-electron chi connectivity index (χ3n) is 20.5. The topological polar surface area (TPSA) is 537 Å². The maximum Gasteiger partial charge on any atom is 0.322 e. The molecule has 20 N–H and O–H groups in total. The Bertz CT molecular complexity index is 4760. The summed E-state index contributed by atoms with van der Waals surface area (Å²) >= 11 is 14.4. The molecule has 11 bridgehead atoms. The molecule has 6 aromatic rings. The van der Waals surface area contributed by atoms with Crippen molar-refractivity contribution in [1.29, 1.82) is 0 Å². The first-order valence-corrected chi connectivity index (χ1v) is 38.3. The molecule has 7 aliphatic heterocycles. The van der Waals surface area contributed by atoms with Gasteiger partial charge < -0.3 is 128 Å². The molecule has 35 nitrogen and oxygen atoms in total. The van der Waals surface area contributed by atoms with Crippen LogP contribution in [0.4, 0.5) is 10.1 Å². The lowest BCUT2D eigenvalue weighted by Crippen LogP contribution is -2.64. The van der Waals surface area contributed by atoms with Crippen LogP contribution in [-0.4, -0.2) is 214 Å². The zero-order valence-electron chi connectivity index (χ0n) is 63.8. The molecular weight excluding hydrogens is 1580 g/mol. The first kappa shape index (κ1) is 87.1. The van der Waals surface area contributed by atoms with Gasteiger partial charge in [-0.3, -0.25) is 48.1 Å². The number of hydrogen-bond acceptors (Lipinski definition) is 26. The van der Waals surface area contributed by atoms with E-state index in [9.17, 15) is 74.6 Å². The molecule has 13 rings (SSSR count). The zero-order chi connectivity index (χ0) is 84.9. The van der Waals surface area contributed by atoms with Crippen molar-refractivity contribution in [3.8, 4) is 57.1 Å². The van der Waals surface area contributed by atoms with Gasteiger partial charge in [-0.15, -0.1) is 0 Å². The summed E-state index contributed by atoms with van der Waals surface area (Å²) in [5.74, 6) is -17.9. The SMILES string of the molecule is CCCN(CCC)[C@H](CC(C)C)C(=O)N[C@H]1C(=O)N[C@@H](CC(N)=O)C(=O)N[C@H]2C(=O)N[C@H]3C(=O)N[C@H](C(=O)N[C@H](C(=O)NCC(=O)O)c4cc(O)cc(O)c4-c4cc3ccc4O)[C@H](O)c3ccc(c(Cl)c3)Oc3cc2cc(c3O[C@@H]2O[C@@H](CO)[C@@H](O)[C@H](O)[C@@H]2O[C@H]2C[C@](C)(Nc3ccc(F)cc3)[C@H](O)[C@H](C)O2)Oc2ccc(cc2Cl)[C@H]1O. The van der Waals surface area contributed by atoms with Gasteiger partial charge in [-0.1, -0.05) is 69.1 Å². The maximum atomic E-state index is 16.3. The molecule has 7 aliphatic rings. The first-order valence-electron chi connectivity index (χ1n) is 37.5. The summed E-state index contributed by atoms with van der Waals surface area (Å²) in [6, 6.07) is 4.41. The molecule has 8 amide bonds. The number of phenols is 3. The average Bonchev–Trinajstić information content (AvgIpc) is 0.764. The highest BCUT2D eigenvalue weighted by molar-refractivity contribution is 6.32. The number of amides is 8. The van der Waals surface area contributed by atoms with Gasteiger partial charge in [0.05, 0.1) is 40.8 Å². The van der Waals surface area contributed by atoms with Crippen LogP contribution in [0.2, 0.25) is 10.0 Å². The molecule has 0 aliphatic carbocycles. The Labute approximate surface area is 678 Å². The van der Waals surface area contributed by atoms with Crippen molar-refractivity contribution in [1.82, 2.24) is 42.1 Å². The van der Waals surface area contributed by atoms with Gasteiger partial charge in [0.2, 0.25) is 59.3 Å². The number of rotatable bonds is 21.